The molecule has 1 N–H and O–H groups in total. The minimum Gasteiger partial charge on any atom is -0.497 e. The van der Waals surface area contributed by atoms with E-state index in [2.05, 4.69) is 10.3 Å². The maximum Gasteiger partial charge on any atom is 0.238 e. The van der Waals surface area contributed by atoms with Crippen LogP contribution in [0.15, 0.2) is 42.5 Å². The van der Waals surface area contributed by atoms with Crippen LogP contribution in [0.25, 0.3) is 16.7 Å². The van der Waals surface area contributed by atoms with Crippen molar-refractivity contribution in [3.8, 4) is 11.4 Å². The van der Waals surface area contributed by atoms with E-state index in [4.69, 9.17) is 4.74 Å². The molecule has 0 aliphatic heterocycles. The molecule has 0 bridgehead atoms. The van der Waals surface area contributed by atoms with Gasteiger partial charge in [0.05, 0.1) is 24.1 Å². The van der Waals surface area contributed by atoms with Gasteiger partial charge in [0.15, 0.2) is 0 Å². The number of ether oxygens (including phenoxy) is 1. The molecule has 3 aromatic rings. The summed E-state index contributed by atoms with van der Waals surface area (Å²) >= 11 is 0. The largest absolute Gasteiger partial charge is 0.497 e. The first kappa shape index (κ1) is 18.7. The van der Waals surface area contributed by atoms with Crippen LogP contribution in [0.2, 0.25) is 0 Å². The number of aromatic nitrogens is 3. The van der Waals surface area contributed by atoms with E-state index < -0.39 is 10.0 Å². The molecule has 1 aromatic heterocycles. The number of hydrogen-bond acceptors (Lipinski definition) is 6. The van der Waals surface area contributed by atoms with Crippen LogP contribution < -0.4 is 9.46 Å². The molecule has 0 fully saturated rings. The highest BCUT2D eigenvalue weighted by molar-refractivity contribution is 7.89. The predicted octanol–water partition coefficient (Wildman–Crippen LogP) is 1.43. The fourth-order valence-electron chi connectivity index (χ4n) is 2.29. The molecule has 8 nitrogen and oxygen atoms in total. The average molecular weight is 383 g/mol. The first-order valence-electron chi connectivity index (χ1n) is 6.95. The van der Waals surface area contributed by atoms with Crippen molar-refractivity contribution in [3.63, 3.8) is 0 Å². The molecule has 0 saturated heterocycles. The third-order valence-electron chi connectivity index (χ3n) is 3.42. The molecule has 3 rings (SSSR count). The van der Waals surface area contributed by atoms with Crippen LogP contribution in [-0.2, 0) is 20.6 Å². The summed E-state index contributed by atoms with van der Waals surface area (Å²) in [7, 11) is -2.08. The molecule has 0 unspecified atom stereocenters. The number of nitrogens with zero attached hydrogens (tertiary/aromatic N) is 3. The molecule has 1 heterocycles. The quantitative estimate of drug-likeness (QED) is 0.647. The van der Waals surface area contributed by atoms with E-state index >= 15 is 0 Å². The molecule has 1 amide bonds. The maximum atomic E-state index is 11.6. The molecule has 0 saturated carbocycles. The molecule has 0 aliphatic carbocycles. The number of carbonyl (C=O) groups excluding carboxylic acids is 1. The lowest BCUT2D eigenvalue weighted by Gasteiger charge is -2.06. The van der Waals surface area contributed by atoms with Crippen molar-refractivity contribution in [2.75, 3.05) is 7.11 Å². The second kappa shape index (κ2) is 7.49. The Morgan fingerprint density at radius 3 is 2.56 bits per heavy atom. The number of methoxy groups -OCH3 is 1. The summed E-state index contributed by atoms with van der Waals surface area (Å²) in [6.45, 7) is 0. The van der Waals surface area contributed by atoms with Gasteiger partial charge < -0.3 is 4.74 Å². The number of hydrogen-bond donors (Lipinski definition) is 1. The van der Waals surface area contributed by atoms with Gasteiger partial charge in [-0.3, -0.25) is 9.52 Å². The Labute approximate surface area is 150 Å². The molecule has 0 spiro atoms. The fourth-order valence-corrected chi connectivity index (χ4v) is 3.15. The van der Waals surface area contributed by atoms with Crippen molar-refractivity contribution in [1.29, 1.82) is 0 Å². The SMILES string of the molecule is COc1ccc2c(c1)nnn2-c1ccc(CS(=O)(=O)NC=O)cc1.Cl. The Morgan fingerprint density at radius 1 is 1.20 bits per heavy atom. The zero-order chi connectivity index (χ0) is 17.2. The van der Waals surface area contributed by atoms with Crippen LogP contribution in [0, 0.1) is 0 Å². The molecular formula is C15H15ClN4O4S. The van der Waals surface area contributed by atoms with Crippen LogP contribution in [0.5, 0.6) is 5.75 Å². The lowest BCUT2D eigenvalue weighted by molar-refractivity contribution is -0.108. The Bertz CT molecular complexity index is 986. The normalized spacial score (nSPS) is 10.9. The second-order valence-electron chi connectivity index (χ2n) is 5.02. The summed E-state index contributed by atoms with van der Waals surface area (Å²) in [5.41, 5.74) is 2.79. The van der Waals surface area contributed by atoms with Gasteiger partial charge in [0.25, 0.3) is 0 Å². The maximum absolute atomic E-state index is 11.6. The number of benzene rings is 2. The summed E-state index contributed by atoms with van der Waals surface area (Å²) in [6.07, 6.45) is 0.152. The number of sulfonamides is 1. The van der Waals surface area contributed by atoms with Crippen LogP contribution in [0.4, 0.5) is 0 Å². The molecule has 10 heteroatoms. The van der Waals surface area contributed by atoms with Gasteiger partial charge in [0.2, 0.25) is 16.4 Å². The van der Waals surface area contributed by atoms with Crippen molar-refractivity contribution in [2.45, 2.75) is 5.75 Å². The minimum atomic E-state index is -3.66. The van der Waals surface area contributed by atoms with E-state index in [-0.39, 0.29) is 24.6 Å². The number of nitrogens with one attached hydrogen (secondary N) is 1. The summed E-state index contributed by atoms with van der Waals surface area (Å²) in [5, 5.41) is 8.21. The molecule has 132 valence electrons. The van der Waals surface area contributed by atoms with E-state index in [0.29, 0.717) is 16.8 Å². The average Bonchev–Trinajstić information content (AvgIpc) is 2.98. The third-order valence-corrected chi connectivity index (χ3v) is 4.59. The number of rotatable bonds is 6. The first-order chi connectivity index (χ1) is 11.5. The Kier molecular flexibility index (Phi) is 5.60. The standard InChI is InChI=1S/C15H14N4O4S.ClH/c1-23-13-6-7-15-14(8-13)17-18-19(15)12-4-2-11(3-5-12)9-24(21,22)16-10-20;/h2-8,10H,9H2,1H3,(H,16,20);1H. The number of amides is 1. The molecular weight excluding hydrogens is 368 g/mol. The summed E-state index contributed by atoms with van der Waals surface area (Å²) in [6, 6.07) is 12.3. The molecule has 0 radical (unpaired) electrons. The van der Waals surface area contributed by atoms with Gasteiger partial charge in [-0.05, 0) is 29.8 Å². The Morgan fingerprint density at radius 2 is 1.92 bits per heavy atom. The van der Waals surface area contributed by atoms with Crippen LogP contribution >= 0.6 is 12.4 Å². The van der Waals surface area contributed by atoms with Crippen LogP contribution in [0.3, 0.4) is 0 Å². The monoisotopic (exact) mass is 382 g/mol. The summed E-state index contributed by atoms with van der Waals surface area (Å²) in [5.74, 6) is 0.416. The van der Waals surface area contributed by atoms with Crippen molar-refractivity contribution in [1.82, 2.24) is 19.7 Å². The summed E-state index contributed by atoms with van der Waals surface area (Å²) in [4.78, 5) is 10.3. The van der Waals surface area contributed by atoms with Gasteiger partial charge in [-0.25, -0.2) is 13.1 Å². The fraction of sp³-hybridized carbons (Fsp3) is 0.133. The van der Waals surface area contributed by atoms with Gasteiger partial charge in [0, 0.05) is 6.07 Å². The molecule has 25 heavy (non-hydrogen) atoms. The van der Waals surface area contributed by atoms with Crippen LogP contribution in [0.1, 0.15) is 5.56 Å². The van der Waals surface area contributed by atoms with Crippen molar-refractivity contribution < 1.29 is 17.9 Å². The Balaban J connectivity index is 0.00000225. The third kappa shape index (κ3) is 4.06. The number of fused-ring (bicyclic) bond motifs is 1. The van der Waals surface area contributed by atoms with Crippen molar-refractivity contribution in [2.24, 2.45) is 0 Å². The van der Waals surface area contributed by atoms with Gasteiger partial charge in [-0.2, -0.15) is 0 Å². The van der Waals surface area contributed by atoms with E-state index in [1.165, 1.54) is 0 Å². The zero-order valence-electron chi connectivity index (χ0n) is 13.1. The lowest BCUT2D eigenvalue weighted by Crippen LogP contribution is -2.23. The van der Waals surface area contributed by atoms with E-state index in [1.54, 1.807) is 46.8 Å². The molecule has 2 aromatic carbocycles. The summed E-state index contributed by atoms with van der Waals surface area (Å²) < 4.78 is 31.7. The number of carbonyl (C=O) groups is 1. The predicted molar refractivity (Wildman–Crippen MR) is 94.5 cm³/mol. The molecule has 0 aliphatic rings. The number of halogens is 1. The van der Waals surface area contributed by atoms with E-state index in [0.717, 1.165) is 11.2 Å². The smallest absolute Gasteiger partial charge is 0.238 e. The zero-order valence-corrected chi connectivity index (χ0v) is 14.8. The van der Waals surface area contributed by atoms with E-state index in [1.807, 2.05) is 12.1 Å². The van der Waals surface area contributed by atoms with Gasteiger partial charge in [-0.1, -0.05) is 17.3 Å². The van der Waals surface area contributed by atoms with Crippen molar-refractivity contribution in [3.05, 3.63) is 48.0 Å². The van der Waals surface area contributed by atoms with Gasteiger partial charge >= 0.3 is 0 Å². The topological polar surface area (TPSA) is 103 Å². The highest BCUT2D eigenvalue weighted by atomic mass is 35.5. The second-order valence-corrected chi connectivity index (χ2v) is 6.77. The van der Waals surface area contributed by atoms with Gasteiger partial charge in [-0.15, -0.1) is 17.5 Å². The van der Waals surface area contributed by atoms with Gasteiger partial charge in [0.1, 0.15) is 11.3 Å². The molecule has 0 atom stereocenters. The van der Waals surface area contributed by atoms with E-state index in [9.17, 15) is 13.2 Å². The lowest BCUT2D eigenvalue weighted by atomic mass is 10.2. The Hall–Kier alpha value is -2.65. The highest BCUT2D eigenvalue weighted by Crippen LogP contribution is 2.21. The highest BCUT2D eigenvalue weighted by Gasteiger charge is 2.11. The first-order valence-corrected chi connectivity index (χ1v) is 8.60. The van der Waals surface area contributed by atoms with Crippen molar-refractivity contribution >= 4 is 39.9 Å². The van der Waals surface area contributed by atoms with Crippen LogP contribution in [-0.4, -0.2) is 36.9 Å². The minimum absolute atomic E-state index is 0.